The highest BCUT2D eigenvalue weighted by Crippen LogP contribution is 2.02. The molecule has 1 unspecified atom stereocenters. The molecular weight excluding hydrogens is 337 g/mol. The van der Waals surface area contributed by atoms with Gasteiger partial charge in [-0.15, -0.1) is 0 Å². The smallest absolute Gasteiger partial charge is 0.328 e. The predicted molar refractivity (Wildman–Crippen MR) is 88.3 cm³/mol. The minimum atomic E-state index is -0.920. The third-order valence-corrected chi connectivity index (χ3v) is 2.57. The molecule has 0 aromatic carbocycles. The van der Waals surface area contributed by atoms with Crippen molar-refractivity contribution in [2.24, 2.45) is 5.73 Å². The van der Waals surface area contributed by atoms with Crippen LogP contribution in [0.3, 0.4) is 0 Å². The van der Waals surface area contributed by atoms with Crippen molar-refractivity contribution in [3.05, 3.63) is 0 Å². The van der Waals surface area contributed by atoms with E-state index in [-0.39, 0.29) is 38.5 Å². The normalized spacial score (nSPS) is 10.6. The number of carbonyl (C=O) groups excluding carboxylic acids is 4. The third-order valence-electron chi connectivity index (χ3n) is 2.57. The summed E-state index contributed by atoms with van der Waals surface area (Å²) in [7, 11) is 0. The summed E-state index contributed by atoms with van der Waals surface area (Å²) >= 11 is 0. The summed E-state index contributed by atoms with van der Waals surface area (Å²) in [6.45, 7) is 5.18. The van der Waals surface area contributed by atoms with Crippen molar-refractivity contribution in [3.63, 3.8) is 0 Å². The summed E-state index contributed by atoms with van der Waals surface area (Å²) in [6, 6.07) is -1.76. The first-order valence-electron chi connectivity index (χ1n) is 8.03. The Bertz CT molecular complexity index is 420. The Kier molecular flexibility index (Phi) is 16.4. The average molecular weight is 365 g/mol. The first-order chi connectivity index (χ1) is 11.8. The Morgan fingerprint density at radius 3 is 2.12 bits per heavy atom. The molecule has 0 radical (unpaired) electrons. The van der Waals surface area contributed by atoms with Gasteiger partial charge in [-0.05, 0) is 20.3 Å². The molecule has 0 aromatic rings. The molecule has 0 aliphatic rings. The molecule has 0 spiro atoms. The predicted octanol–water partition coefficient (Wildman–Crippen LogP) is 0.412. The molecule has 9 nitrogen and oxygen atoms in total. The van der Waals surface area contributed by atoms with Crippen LogP contribution in [0.1, 0.15) is 40.0 Å². The largest absolute Gasteiger partial charge is 0.466 e. The first kappa shape index (κ1) is 24.9. The maximum Gasteiger partial charge on any atom is 0.328 e. The monoisotopic (exact) mass is 365 g/mol. The fourth-order valence-corrected chi connectivity index (χ4v) is 1.47. The van der Waals surface area contributed by atoms with Crippen molar-refractivity contribution in [2.75, 3.05) is 26.4 Å². The van der Waals surface area contributed by atoms with Crippen LogP contribution in [0.2, 0.25) is 0 Å². The molecule has 4 N–H and O–H groups in total. The van der Waals surface area contributed by atoms with Crippen molar-refractivity contribution in [1.82, 2.24) is 10.6 Å². The number of primary amides is 1. The molecular formula is C15H28FN3O6. The summed E-state index contributed by atoms with van der Waals surface area (Å²) in [6.07, 6.45) is 0.540. The lowest BCUT2D eigenvalue weighted by Gasteiger charge is -2.15. The standard InChI is InChI=1S/C10H18N2O5.C5H10FNO/c1-3-16-8(13)6-5-7(12-10(11)15)9(14)17-4-2;1-2-5(8)7-4-3-6/h7H,3-6H2,1-2H3,(H3,11,12,15);2-4H2,1H3,(H,7,8). The zero-order chi connectivity index (χ0) is 19.7. The van der Waals surface area contributed by atoms with Gasteiger partial charge in [0.15, 0.2) is 0 Å². The van der Waals surface area contributed by atoms with E-state index < -0.39 is 30.7 Å². The lowest BCUT2D eigenvalue weighted by Crippen LogP contribution is -2.44. The van der Waals surface area contributed by atoms with Crippen LogP contribution in [0.4, 0.5) is 9.18 Å². The van der Waals surface area contributed by atoms with Crippen LogP contribution in [-0.2, 0) is 23.9 Å². The van der Waals surface area contributed by atoms with E-state index in [0.717, 1.165) is 0 Å². The number of rotatable bonds is 10. The third kappa shape index (κ3) is 16.3. The minimum absolute atomic E-state index is 0.0115. The summed E-state index contributed by atoms with van der Waals surface area (Å²) in [5, 5.41) is 4.59. The van der Waals surface area contributed by atoms with E-state index in [0.29, 0.717) is 6.42 Å². The van der Waals surface area contributed by atoms with E-state index in [1.807, 2.05) is 0 Å². The molecule has 0 aromatic heterocycles. The molecule has 0 fully saturated rings. The van der Waals surface area contributed by atoms with Crippen LogP contribution in [-0.4, -0.2) is 56.4 Å². The molecule has 0 aliphatic carbocycles. The minimum Gasteiger partial charge on any atom is -0.466 e. The van der Waals surface area contributed by atoms with Crippen molar-refractivity contribution in [3.8, 4) is 0 Å². The average Bonchev–Trinajstić information content (AvgIpc) is 2.57. The van der Waals surface area contributed by atoms with E-state index in [9.17, 15) is 23.6 Å². The summed E-state index contributed by atoms with van der Waals surface area (Å²) in [5.41, 5.74) is 4.92. The highest BCUT2D eigenvalue weighted by Gasteiger charge is 2.22. The Morgan fingerprint density at radius 2 is 1.68 bits per heavy atom. The van der Waals surface area contributed by atoms with Gasteiger partial charge in [0, 0.05) is 19.4 Å². The number of esters is 2. The number of hydrogen-bond acceptors (Lipinski definition) is 6. The van der Waals surface area contributed by atoms with Gasteiger partial charge in [-0.3, -0.25) is 9.59 Å². The molecule has 0 aliphatic heterocycles. The number of nitrogens with two attached hydrogens (primary N) is 1. The van der Waals surface area contributed by atoms with E-state index in [1.165, 1.54) is 0 Å². The van der Waals surface area contributed by atoms with Gasteiger partial charge in [0.05, 0.1) is 13.2 Å². The van der Waals surface area contributed by atoms with Crippen molar-refractivity contribution in [1.29, 1.82) is 0 Å². The number of carbonyl (C=O) groups is 4. The van der Waals surface area contributed by atoms with Crippen LogP contribution in [0.25, 0.3) is 0 Å². The SMILES string of the molecule is CCC(=O)NCCF.CCOC(=O)CCC(NC(N)=O)C(=O)OCC. The second-order valence-corrected chi connectivity index (χ2v) is 4.55. The molecule has 3 amide bonds. The Labute approximate surface area is 146 Å². The zero-order valence-corrected chi connectivity index (χ0v) is 14.9. The first-order valence-corrected chi connectivity index (χ1v) is 8.03. The lowest BCUT2D eigenvalue weighted by atomic mass is 10.1. The fourth-order valence-electron chi connectivity index (χ4n) is 1.47. The number of urea groups is 1. The molecule has 25 heavy (non-hydrogen) atoms. The van der Waals surface area contributed by atoms with E-state index >= 15 is 0 Å². The number of amides is 3. The molecule has 0 saturated heterocycles. The molecule has 0 rings (SSSR count). The number of nitrogens with one attached hydrogen (secondary N) is 2. The van der Waals surface area contributed by atoms with Crippen LogP contribution >= 0.6 is 0 Å². The van der Waals surface area contributed by atoms with Gasteiger partial charge < -0.3 is 25.8 Å². The quantitative estimate of drug-likeness (QED) is 0.480. The van der Waals surface area contributed by atoms with E-state index in [1.54, 1.807) is 20.8 Å². The fraction of sp³-hybridized carbons (Fsp3) is 0.733. The Balaban J connectivity index is 0. The molecule has 0 bridgehead atoms. The van der Waals surface area contributed by atoms with Gasteiger partial charge in [0.1, 0.15) is 12.7 Å². The number of hydrogen-bond donors (Lipinski definition) is 3. The van der Waals surface area contributed by atoms with Crippen LogP contribution in [0, 0.1) is 0 Å². The molecule has 146 valence electrons. The van der Waals surface area contributed by atoms with Crippen molar-refractivity contribution >= 4 is 23.9 Å². The van der Waals surface area contributed by atoms with E-state index in [2.05, 4.69) is 10.6 Å². The molecule has 0 heterocycles. The molecule has 10 heteroatoms. The van der Waals surface area contributed by atoms with Gasteiger partial charge >= 0.3 is 18.0 Å². The van der Waals surface area contributed by atoms with E-state index in [4.69, 9.17) is 15.2 Å². The van der Waals surface area contributed by atoms with Gasteiger partial charge in [-0.1, -0.05) is 6.92 Å². The van der Waals surface area contributed by atoms with Crippen molar-refractivity contribution < 1.29 is 33.0 Å². The van der Waals surface area contributed by atoms with Gasteiger partial charge in [0.25, 0.3) is 0 Å². The summed E-state index contributed by atoms with van der Waals surface area (Å²) in [5.74, 6) is -1.15. The van der Waals surface area contributed by atoms with Gasteiger partial charge in [0.2, 0.25) is 5.91 Å². The van der Waals surface area contributed by atoms with Crippen LogP contribution in [0.15, 0.2) is 0 Å². The number of ether oxygens (including phenoxy) is 2. The maximum atomic E-state index is 11.4. The Hall–Kier alpha value is -2.39. The van der Waals surface area contributed by atoms with Gasteiger partial charge in [-0.25, -0.2) is 14.0 Å². The topological polar surface area (TPSA) is 137 Å². The maximum absolute atomic E-state index is 11.4. The summed E-state index contributed by atoms with van der Waals surface area (Å²) < 4.78 is 20.7. The van der Waals surface area contributed by atoms with Crippen LogP contribution in [0.5, 0.6) is 0 Å². The molecule has 0 saturated carbocycles. The molecule has 1 atom stereocenters. The summed E-state index contributed by atoms with van der Waals surface area (Å²) in [4.78, 5) is 43.5. The highest BCUT2D eigenvalue weighted by molar-refractivity contribution is 5.83. The second kappa shape index (κ2) is 16.5. The second-order valence-electron chi connectivity index (χ2n) is 4.55. The number of alkyl halides is 1. The Morgan fingerprint density at radius 1 is 1.08 bits per heavy atom. The van der Waals surface area contributed by atoms with Gasteiger partial charge in [-0.2, -0.15) is 0 Å². The number of halogens is 1. The van der Waals surface area contributed by atoms with Crippen molar-refractivity contribution in [2.45, 2.75) is 46.1 Å². The zero-order valence-electron chi connectivity index (χ0n) is 14.9. The lowest BCUT2D eigenvalue weighted by molar-refractivity contribution is -0.146. The highest BCUT2D eigenvalue weighted by atomic mass is 19.1. The van der Waals surface area contributed by atoms with Crippen LogP contribution < -0.4 is 16.4 Å².